The number of carbonyl (C=O) groups excluding carboxylic acids is 1. The fourth-order valence-corrected chi connectivity index (χ4v) is 2.64. The lowest BCUT2D eigenvalue weighted by molar-refractivity contribution is -0.153. The highest BCUT2D eigenvalue weighted by atomic mass is 19.4. The standard InChI is InChI=1S/C19H27F3N4O3/c1-3-28-18(27)26-16(14-6-7-14)11-25-17(23-2)24-10-13-4-8-15(9-5-13)29-12-19(20,21)22/h4-5,8-9,14,16H,3,6-7,10-12H2,1-2H3,(H,26,27)(H2,23,24,25). The van der Waals surface area contributed by atoms with E-state index in [1.54, 1.807) is 26.1 Å². The number of ether oxygens (including phenoxy) is 2. The number of carbonyl (C=O) groups is 1. The molecular formula is C19H27F3N4O3. The Balaban J connectivity index is 1.77. The van der Waals surface area contributed by atoms with Gasteiger partial charge < -0.3 is 25.4 Å². The average molecular weight is 416 g/mol. The zero-order valence-corrected chi connectivity index (χ0v) is 16.5. The molecule has 1 aliphatic carbocycles. The molecule has 1 saturated carbocycles. The van der Waals surface area contributed by atoms with Gasteiger partial charge in [-0.15, -0.1) is 0 Å². The van der Waals surface area contributed by atoms with Gasteiger partial charge in [-0.2, -0.15) is 13.2 Å². The van der Waals surface area contributed by atoms with Crippen LogP contribution in [0.5, 0.6) is 5.75 Å². The first-order valence-corrected chi connectivity index (χ1v) is 9.47. The zero-order chi connectivity index (χ0) is 21.3. The molecule has 29 heavy (non-hydrogen) atoms. The number of amides is 1. The summed E-state index contributed by atoms with van der Waals surface area (Å²) in [7, 11) is 1.63. The van der Waals surface area contributed by atoms with Crippen LogP contribution in [0.3, 0.4) is 0 Å². The van der Waals surface area contributed by atoms with Crippen LogP contribution in [0.4, 0.5) is 18.0 Å². The molecular weight excluding hydrogens is 389 g/mol. The molecule has 1 aliphatic rings. The van der Waals surface area contributed by atoms with Gasteiger partial charge in [0.15, 0.2) is 12.6 Å². The van der Waals surface area contributed by atoms with E-state index in [1.807, 2.05) is 0 Å². The lowest BCUT2D eigenvalue weighted by atomic mass is 10.2. The molecule has 0 spiro atoms. The van der Waals surface area contributed by atoms with Crippen LogP contribution in [-0.2, 0) is 11.3 Å². The highest BCUT2D eigenvalue weighted by Crippen LogP contribution is 2.32. The second-order valence-corrected chi connectivity index (χ2v) is 6.66. The smallest absolute Gasteiger partial charge is 0.422 e. The van der Waals surface area contributed by atoms with Gasteiger partial charge in [0.1, 0.15) is 5.75 Å². The first-order valence-electron chi connectivity index (χ1n) is 9.47. The maximum absolute atomic E-state index is 12.2. The van der Waals surface area contributed by atoms with Crippen LogP contribution >= 0.6 is 0 Å². The lowest BCUT2D eigenvalue weighted by Gasteiger charge is -2.20. The minimum absolute atomic E-state index is 0.0438. The summed E-state index contributed by atoms with van der Waals surface area (Å²) in [5, 5.41) is 9.17. The van der Waals surface area contributed by atoms with Gasteiger partial charge in [0.25, 0.3) is 0 Å². The monoisotopic (exact) mass is 416 g/mol. The van der Waals surface area contributed by atoms with Crippen LogP contribution < -0.4 is 20.7 Å². The molecule has 0 aliphatic heterocycles. The number of hydrogen-bond acceptors (Lipinski definition) is 4. The summed E-state index contributed by atoms with van der Waals surface area (Å²) < 4.78 is 46.2. The second-order valence-electron chi connectivity index (χ2n) is 6.66. The maximum Gasteiger partial charge on any atom is 0.422 e. The zero-order valence-electron chi connectivity index (χ0n) is 16.5. The van der Waals surface area contributed by atoms with Crippen LogP contribution in [0.25, 0.3) is 0 Å². The molecule has 0 bridgehead atoms. The van der Waals surface area contributed by atoms with E-state index in [-0.39, 0.29) is 11.8 Å². The summed E-state index contributed by atoms with van der Waals surface area (Å²) in [6.45, 7) is 1.69. The van der Waals surface area contributed by atoms with Gasteiger partial charge in [-0.25, -0.2) is 4.79 Å². The van der Waals surface area contributed by atoms with Gasteiger partial charge in [0, 0.05) is 20.1 Å². The Morgan fingerprint density at radius 3 is 2.48 bits per heavy atom. The Morgan fingerprint density at radius 2 is 1.93 bits per heavy atom. The molecule has 10 heteroatoms. The van der Waals surface area contributed by atoms with E-state index >= 15 is 0 Å². The first-order chi connectivity index (χ1) is 13.8. The van der Waals surface area contributed by atoms with Gasteiger partial charge in [-0.1, -0.05) is 12.1 Å². The third-order valence-electron chi connectivity index (χ3n) is 4.27. The molecule has 1 atom stereocenters. The van der Waals surface area contributed by atoms with E-state index in [2.05, 4.69) is 25.7 Å². The van der Waals surface area contributed by atoms with Crippen LogP contribution in [0.2, 0.25) is 0 Å². The Hall–Kier alpha value is -2.65. The number of benzene rings is 1. The highest BCUT2D eigenvalue weighted by Gasteiger charge is 2.32. The molecule has 2 rings (SSSR count). The maximum atomic E-state index is 12.2. The van der Waals surface area contributed by atoms with Gasteiger partial charge in [0.2, 0.25) is 0 Å². The van der Waals surface area contributed by atoms with E-state index < -0.39 is 18.9 Å². The van der Waals surface area contributed by atoms with Crippen molar-refractivity contribution in [3.8, 4) is 5.75 Å². The molecule has 1 aromatic carbocycles. The van der Waals surface area contributed by atoms with E-state index in [1.165, 1.54) is 12.1 Å². The Kier molecular flexibility index (Phi) is 8.41. The van der Waals surface area contributed by atoms with Crippen LogP contribution in [-0.4, -0.2) is 51.1 Å². The third kappa shape index (κ3) is 8.93. The quantitative estimate of drug-likeness (QED) is 0.426. The summed E-state index contributed by atoms with van der Waals surface area (Å²) in [5.41, 5.74) is 0.857. The summed E-state index contributed by atoms with van der Waals surface area (Å²) in [6, 6.07) is 6.30. The molecule has 0 saturated heterocycles. The molecule has 0 radical (unpaired) electrons. The van der Waals surface area contributed by atoms with E-state index in [4.69, 9.17) is 4.74 Å². The largest absolute Gasteiger partial charge is 0.484 e. The summed E-state index contributed by atoms with van der Waals surface area (Å²) in [5.74, 6) is 1.14. The number of nitrogens with zero attached hydrogens (tertiary/aromatic N) is 1. The number of alkyl halides is 3. The normalized spacial score (nSPS) is 15.4. The van der Waals surface area contributed by atoms with Crippen molar-refractivity contribution in [3.05, 3.63) is 29.8 Å². The van der Waals surface area contributed by atoms with Crippen LogP contribution in [0.1, 0.15) is 25.3 Å². The topological polar surface area (TPSA) is 84.0 Å². The summed E-state index contributed by atoms with van der Waals surface area (Å²) >= 11 is 0. The minimum atomic E-state index is -4.36. The fraction of sp³-hybridized carbons (Fsp3) is 0.579. The van der Waals surface area contributed by atoms with Gasteiger partial charge in [-0.3, -0.25) is 4.99 Å². The molecule has 3 N–H and O–H groups in total. The van der Waals surface area contributed by atoms with Crippen molar-refractivity contribution in [1.29, 1.82) is 0 Å². The SMILES string of the molecule is CCOC(=O)NC(CNC(=NC)NCc1ccc(OCC(F)(F)F)cc1)C1CC1. The summed E-state index contributed by atoms with van der Waals surface area (Å²) in [4.78, 5) is 15.8. The second kappa shape index (κ2) is 10.8. The molecule has 1 fully saturated rings. The number of nitrogens with one attached hydrogen (secondary N) is 3. The lowest BCUT2D eigenvalue weighted by Crippen LogP contribution is -2.48. The van der Waals surface area contributed by atoms with Gasteiger partial charge in [0.05, 0.1) is 12.6 Å². The van der Waals surface area contributed by atoms with Crippen LogP contribution in [0.15, 0.2) is 29.3 Å². The Bertz CT molecular complexity index is 676. The molecule has 7 nitrogen and oxygen atoms in total. The fourth-order valence-electron chi connectivity index (χ4n) is 2.64. The van der Waals surface area contributed by atoms with Crippen LogP contribution in [0, 0.1) is 5.92 Å². The number of guanidine groups is 1. The molecule has 0 heterocycles. The number of hydrogen-bond donors (Lipinski definition) is 3. The summed E-state index contributed by atoms with van der Waals surface area (Å²) in [6.07, 6.45) is -2.66. The number of aliphatic imine (C=N–C) groups is 1. The molecule has 1 unspecified atom stereocenters. The first kappa shape index (κ1) is 22.6. The van der Waals surface area contributed by atoms with Gasteiger partial charge in [-0.05, 0) is 43.4 Å². The predicted molar refractivity (Wildman–Crippen MR) is 103 cm³/mol. The predicted octanol–water partition coefficient (Wildman–Crippen LogP) is 2.82. The Morgan fingerprint density at radius 1 is 1.24 bits per heavy atom. The number of rotatable bonds is 9. The van der Waals surface area contributed by atoms with Crippen molar-refractivity contribution >= 4 is 12.1 Å². The van der Waals surface area contributed by atoms with E-state index in [0.717, 1.165) is 18.4 Å². The molecule has 0 aromatic heterocycles. The van der Waals surface area contributed by atoms with Crippen molar-refractivity contribution in [2.24, 2.45) is 10.9 Å². The average Bonchev–Trinajstić information content (AvgIpc) is 3.51. The van der Waals surface area contributed by atoms with Crippen molar-refractivity contribution < 1.29 is 27.4 Å². The molecule has 1 aromatic rings. The van der Waals surface area contributed by atoms with Crippen molar-refractivity contribution in [1.82, 2.24) is 16.0 Å². The van der Waals surface area contributed by atoms with Crippen molar-refractivity contribution in [3.63, 3.8) is 0 Å². The van der Waals surface area contributed by atoms with E-state index in [0.29, 0.717) is 31.6 Å². The number of alkyl carbamates (subject to hydrolysis) is 1. The van der Waals surface area contributed by atoms with Crippen molar-refractivity contribution in [2.75, 3.05) is 26.8 Å². The minimum Gasteiger partial charge on any atom is -0.484 e. The highest BCUT2D eigenvalue weighted by molar-refractivity contribution is 5.79. The third-order valence-corrected chi connectivity index (χ3v) is 4.27. The van der Waals surface area contributed by atoms with Gasteiger partial charge >= 0.3 is 12.3 Å². The van der Waals surface area contributed by atoms with Crippen molar-refractivity contribution in [2.45, 2.75) is 38.5 Å². The number of halogens is 3. The van der Waals surface area contributed by atoms with E-state index in [9.17, 15) is 18.0 Å². The Labute approximate surface area is 168 Å². The molecule has 162 valence electrons. The molecule has 1 amide bonds.